The van der Waals surface area contributed by atoms with Gasteiger partial charge in [-0.25, -0.2) is 9.37 Å². The van der Waals surface area contributed by atoms with Crippen LogP contribution < -0.4 is 5.32 Å². The Morgan fingerprint density at radius 3 is 3.00 bits per heavy atom. The third-order valence-electron chi connectivity index (χ3n) is 3.60. The average Bonchev–Trinajstić information content (AvgIpc) is 2.48. The van der Waals surface area contributed by atoms with Gasteiger partial charge in [-0.3, -0.25) is 4.79 Å². The number of halogens is 1. The molecule has 110 valence electrons. The van der Waals surface area contributed by atoms with Crippen molar-refractivity contribution in [3.05, 3.63) is 29.8 Å². The molecule has 20 heavy (non-hydrogen) atoms. The van der Waals surface area contributed by atoms with Crippen molar-refractivity contribution in [3.63, 3.8) is 0 Å². The average molecular weight is 279 g/mol. The largest absolute Gasteiger partial charge is 0.337 e. The molecule has 1 aromatic rings. The van der Waals surface area contributed by atoms with Gasteiger partial charge in [0.15, 0.2) is 0 Å². The van der Waals surface area contributed by atoms with Crippen LogP contribution in [0.15, 0.2) is 18.3 Å². The summed E-state index contributed by atoms with van der Waals surface area (Å²) in [6.07, 6.45) is 4.32. The molecule has 1 aliphatic heterocycles. The number of carbonyl (C=O) groups excluding carboxylic acids is 1. The van der Waals surface area contributed by atoms with Gasteiger partial charge < -0.3 is 10.2 Å². The first-order valence-electron chi connectivity index (χ1n) is 7.32. The first-order valence-corrected chi connectivity index (χ1v) is 7.32. The first-order chi connectivity index (χ1) is 9.70. The highest BCUT2D eigenvalue weighted by molar-refractivity contribution is 5.92. The van der Waals surface area contributed by atoms with Crippen LogP contribution >= 0.6 is 0 Å². The second-order valence-electron chi connectivity index (χ2n) is 5.33. The third kappa shape index (κ3) is 4.00. The third-order valence-corrected chi connectivity index (χ3v) is 3.60. The molecule has 1 amide bonds. The van der Waals surface area contributed by atoms with Crippen molar-refractivity contribution in [2.45, 2.75) is 26.2 Å². The zero-order chi connectivity index (χ0) is 14.4. The van der Waals surface area contributed by atoms with Gasteiger partial charge in [-0.05, 0) is 50.4 Å². The van der Waals surface area contributed by atoms with Crippen LogP contribution in [-0.4, -0.2) is 42.0 Å². The Labute approximate surface area is 119 Å². The number of aromatic nitrogens is 1. The summed E-state index contributed by atoms with van der Waals surface area (Å²) in [5.74, 6) is -0.0165. The number of hydrogen-bond acceptors (Lipinski definition) is 3. The summed E-state index contributed by atoms with van der Waals surface area (Å²) in [5, 5.41) is 3.37. The smallest absolute Gasteiger partial charge is 0.272 e. The fourth-order valence-corrected chi connectivity index (χ4v) is 2.60. The van der Waals surface area contributed by atoms with E-state index in [4.69, 9.17) is 0 Å². The number of hydrogen-bond donors (Lipinski definition) is 1. The topological polar surface area (TPSA) is 45.2 Å². The molecule has 1 fully saturated rings. The van der Waals surface area contributed by atoms with Crippen molar-refractivity contribution in [2.75, 3.05) is 26.2 Å². The molecular formula is C15H22FN3O. The van der Waals surface area contributed by atoms with E-state index in [1.54, 1.807) is 0 Å². The van der Waals surface area contributed by atoms with Crippen molar-refractivity contribution in [1.82, 2.24) is 15.2 Å². The van der Waals surface area contributed by atoms with Gasteiger partial charge in [0.1, 0.15) is 11.5 Å². The van der Waals surface area contributed by atoms with Crippen molar-refractivity contribution in [2.24, 2.45) is 5.92 Å². The van der Waals surface area contributed by atoms with Gasteiger partial charge in [0.25, 0.3) is 5.91 Å². The molecule has 2 rings (SSSR count). The molecule has 0 aliphatic carbocycles. The quantitative estimate of drug-likeness (QED) is 0.897. The number of rotatable bonds is 5. The minimum Gasteiger partial charge on any atom is -0.337 e. The van der Waals surface area contributed by atoms with E-state index in [0.717, 1.165) is 45.1 Å². The molecule has 1 aromatic heterocycles. The van der Waals surface area contributed by atoms with E-state index in [9.17, 15) is 9.18 Å². The van der Waals surface area contributed by atoms with Gasteiger partial charge in [-0.2, -0.15) is 0 Å². The Hall–Kier alpha value is -1.49. The minimum atomic E-state index is -0.417. The summed E-state index contributed by atoms with van der Waals surface area (Å²) in [6.45, 7) is 5.55. The summed E-state index contributed by atoms with van der Waals surface area (Å²) in [4.78, 5) is 18.2. The first kappa shape index (κ1) is 14.9. The van der Waals surface area contributed by atoms with Gasteiger partial charge in [-0.1, -0.05) is 6.92 Å². The Balaban J connectivity index is 2.02. The van der Waals surface area contributed by atoms with Gasteiger partial charge in [-0.15, -0.1) is 0 Å². The minimum absolute atomic E-state index is 0.0996. The zero-order valence-electron chi connectivity index (χ0n) is 11.9. The molecule has 1 atom stereocenters. The second kappa shape index (κ2) is 7.33. The van der Waals surface area contributed by atoms with Gasteiger partial charge in [0.05, 0.1) is 6.20 Å². The predicted octanol–water partition coefficient (Wildman–Crippen LogP) is 2.07. The van der Waals surface area contributed by atoms with Crippen LogP contribution in [0.1, 0.15) is 36.7 Å². The van der Waals surface area contributed by atoms with Gasteiger partial charge in [0, 0.05) is 13.1 Å². The van der Waals surface area contributed by atoms with Crippen LogP contribution in [-0.2, 0) is 0 Å². The number of pyridine rings is 1. The van der Waals surface area contributed by atoms with Crippen molar-refractivity contribution in [1.29, 1.82) is 0 Å². The normalized spacial score (nSPS) is 18.8. The summed E-state index contributed by atoms with van der Waals surface area (Å²) < 4.78 is 12.9. The van der Waals surface area contributed by atoms with Crippen LogP contribution in [0.4, 0.5) is 4.39 Å². The molecule has 2 heterocycles. The van der Waals surface area contributed by atoms with Crippen LogP contribution in [0.25, 0.3) is 0 Å². The van der Waals surface area contributed by atoms with E-state index >= 15 is 0 Å². The highest BCUT2D eigenvalue weighted by Crippen LogP contribution is 2.14. The van der Waals surface area contributed by atoms with E-state index in [0.29, 0.717) is 18.2 Å². The molecule has 1 unspecified atom stereocenters. The van der Waals surface area contributed by atoms with E-state index in [2.05, 4.69) is 17.2 Å². The number of amides is 1. The zero-order valence-corrected chi connectivity index (χ0v) is 11.9. The van der Waals surface area contributed by atoms with Gasteiger partial charge in [0.2, 0.25) is 0 Å². The molecular weight excluding hydrogens is 257 g/mol. The Morgan fingerprint density at radius 1 is 1.55 bits per heavy atom. The fraction of sp³-hybridized carbons (Fsp3) is 0.600. The molecule has 1 N–H and O–H groups in total. The molecule has 0 saturated carbocycles. The lowest BCUT2D eigenvalue weighted by Crippen LogP contribution is -2.41. The van der Waals surface area contributed by atoms with E-state index in [1.165, 1.54) is 12.1 Å². The number of nitrogens with zero attached hydrogens (tertiary/aromatic N) is 2. The van der Waals surface area contributed by atoms with E-state index in [-0.39, 0.29) is 5.91 Å². The van der Waals surface area contributed by atoms with Crippen LogP contribution in [0.2, 0.25) is 0 Å². The molecule has 1 saturated heterocycles. The lowest BCUT2D eigenvalue weighted by Gasteiger charge is -2.30. The lowest BCUT2D eigenvalue weighted by atomic mass is 9.99. The Bertz CT molecular complexity index is 429. The van der Waals surface area contributed by atoms with E-state index in [1.807, 2.05) is 4.90 Å². The van der Waals surface area contributed by atoms with Crippen molar-refractivity contribution < 1.29 is 9.18 Å². The SMILES string of the molecule is CCCN(CC1CCCNC1)C(=O)c1ccc(F)cn1. The number of nitrogens with one attached hydrogen (secondary N) is 1. The highest BCUT2D eigenvalue weighted by atomic mass is 19.1. The second-order valence-corrected chi connectivity index (χ2v) is 5.33. The molecule has 0 bridgehead atoms. The summed E-state index contributed by atoms with van der Waals surface area (Å²) in [5.41, 5.74) is 0.323. The maximum Gasteiger partial charge on any atom is 0.272 e. The number of carbonyl (C=O) groups is 1. The molecule has 0 aromatic carbocycles. The Morgan fingerprint density at radius 2 is 2.40 bits per heavy atom. The van der Waals surface area contributed by atoms with Crippen LogP contribution in [0.3, 0.4) is 0 Å². The van der Waals surface area contributed by atoms with Crippen LogP contribution in [0.5, 0.6) is 0 Å². The molecule has 1 aliphatic rings. The predicted molar refractivity (Wildman–Crippen MR) is 76.0 cm³/mol. The molecule has 0 radical (unpaired) electrons. The van der Waals surface area contributed by atoms with E-state index < -0.39 is 5.82 Å². The molecule has 4 nitrogen and oxygen atoms in total. The lowest BCUT2D eigenvalue weighted by molar-refractivity contribution is 0.0713. The van der Waals surface area contributed by atoms with Gasteiger partial charge >= 0.3 is 0 Å². The summed E-state index contributed by atoms with van der Waals surface area (Å²) in [7, 11) is 0. The molecule has 0 spiro atoms. The van der Waals surface area contributed by atoms with Crippen molar-refractivity contribution in [3.8, 4) is 0 Å². The summed E-state index contributed by atoms with van der Waals surface area (Å²) >= 11 is 0. The van der Waals surface area contributed by atoms with Crippen LogP contribution in [0, 0.1) is 11.7 Å². The molecule has 5 heteroatoms. The fourth-order valence-electron chi connectivity index (χ4n) is 2.60. The van der Waals surface area contributed by atoms with Crippen molar-refractivity contribution >= 4 is 5.91 Å². The Kier molecular flexibility index (Phi) is 5.47. The number of piperidine rings is 1. The maximum atomic E-state index is 12.9. The monoisotopic (exact) mass is 279 g/mol. The standard InChI is InChI=1S/C15H22FN3O/c1-2-8-19(11-12-4-3-7-17-9-12)15(20)14-6-5-13(16)10-18-14/h5-6,10,12,17H,2-4,7-9,11H2,1H3. The highest BCUT2D eigenvalue weighted by Gasteiger charge is 2.21. The summed E-state index contributed by atoms with van der Waals surface area (Å²) in [6, 6.07) is 2.74. The maximum absolute atomic E-state index is 12.9.